The van der Waals surface area contributed by atoms with Crippen molar-refractivity contribution >= 4 is 0 Å². The Morgan fingerprint density at radius 2 is 1.67 bits per heavy atom. The van der Waals surface area contributed by atoms with Crippen molar-refractivity contribution in [2.24, 2.45) is 0 Å². The molecule has 2 N–H and O–H groups in total. The molecular weight excluding hydrogens is 234 g/mol. The van der Waals surface area contributed by atoms with Gasteiger partial charge < -0.3 is 24.6 Å². The normalized spacial score (nSPS) is 14.7. The largest absolute Gasteiger partial charge is 0.396 e. The molecule has 0 fully saturated rings. The summed E-state index contributed by atoms with van der Waals surface area (Å²) in [6.45, 7) is 8.35. The molecule has 110 valence electrons. The van der Waals surface area contributed by atoms with Gasteiger partial charge in [0.05, 0.1) is 33.0 Å². The van der Waals surface area contributed by atoms with E-state index in [0.717, 1.165) is 19.4 Å². The molecule has 18 heavy (non-hydrogen) atoms. The highest BCUT2D eigenvalue weighted by atomic mass is 16.5. The molecule has 5 nitrogen and oxygen atoms in total. The van der Waals surface area contributed by atoms with Crippen LogP contribution in [0.3, 0.4) is 0 Å². The van der Waals surface area contributed by atoms with Crippen molar-refractivity contribution in [2.75, 3.05) is 53.3 Å². The van der Waals surface area contributed by atoms with Crippen LogP contribution in [0.5, 0.6) is 0 Å². The molecule has 0 aliphatic heterocycles. The predicted octanol–water partition coefficient (Wildman–Crippen LogP) is 0.807. The molecule has 0 aromatic carbocycles. The molecule has 0 heterocycles. The average Bonchev–Trinajstić information content (AvgIpc) is 2.37. The number of hydrogen-bond acceptors (Lipinski definition) is 5. The van der Waals surface area contributed by atoms with Gasteiger partial charge in [-0.2, -0.15) is 0 Å². The Balaban J connectivity index is 3.33. The molecule has 0 bridgehead atoms. The second kappa shape index (κ2) is 11.9. The van der Waals surface area contributed by atoms with Gasteiger partial charge in [0, 0.05) is 25.8 Å². The first kappa shape index (κ1) is 17.8. The zero-order valence-electron chi connectivity index (χ0n) is 12.0. The minimum Gasteiger partial charge on any atom is -0.396 e. The predicted molar refractivity (Wildman–Crippen MR) is 71.9 cm³/mol. The van der Waals surface area contributed by atoms with Gasteiger partial charge in [0.15, 0.2) is 0 Å². The maximum Gasteiger partial charge on any atom is 0.0701 e. The van der Waals surface area contributed by atoms with Crippen molar-refractivity contribution in [3.8, 4) is 0 Å². The van der Waals surface area contributed by atoms with Crippen LogP contribution in [0.1, 0.15) is 26.7 Å². The van der Waals surface area contributed by atoms with Crippen LogP contribution in [0.2, 0.25) is 0 Å². The summed E-state index contributed by atoms with van der Waals surface area (Å²) >= 11 is 0. The fraction of sp³-hybridized carbons (Fsp3) is 1.00. The molecule has 0 saturated heterocycles. The Labute approximate surface area is 111 Å². The summed E-state index contributed by atoms with van der Waals surface area (Å²) in [7, 11) is 1.66. The molecule has 0 radical (unpaired) electrons. The van der Waals surface area contributed by atoms with Gasteiger partial charge in [0.1, 0.15) is 0 Å². The summed E-state index contributed by atoms with van der Waals surface area (Å²) in [5, 5.41) is 12.4. The molecule has 0 aliphatic carbocycles. The van der Waals surface area contributed by atoms with Crippen molar-refractivity contribution < 1.29 is 19.3 Å². The first-order valence-electron chi connectivity index (χ1n) is 6.69. The van der Waals surface area contributed by atoms with Gasteiger partial charge in [0.2, 0.25) is 0 Å². The molecule has 1 unspecified atom stereocenters. The number of ether oxygens (including phenoxy) is 3. The van der Waals surface area contributed by atoms with Crippen LogP contribution in [0.4, 0.5) is 0 Å². The van der Waals surface area contributed by atoms with E-state index in [9.17, 15) is 0 Å². The van der Waals surface area contributed by atoms with E-state index in [1.165, 1.54) is 0 Å². The molecule has 0 rings (SSSR count). The van der Waals surface area contributed by atoms with Crippen LogP contribution in [-0.2, 0) is 14.2 Å². The van der Waals surface area contributed by atoms with E-state index in [0.29, 0.717) is 33.0 Å². The summed E-state index contributed by atoms with van der Waals surface area (Å²) < 4.78 is 15.6. The monoisotopic (exact) mass is 263 g/mol. The summed E-state index contributed by atoms with van der Waals surface area (Å²) in [6, 6.07) is 0. The van der Waals surface area contributed by atoms with Crippen molar-refractivity contribution in [3.05, 3.63) is 0 Å². The van der Waals surface area contributed by atoms with E-state index in [1.54, 1.807) is 7.11 Å². The summed E-state index contributed by atoms with van der Waals surface area (Å²) in [4.78, 5) is 0. The number of aliphatic hydroxyl groups is 1. The minimum absolute atomic E-state index is 0.00702. The van der Waals surface area contributed by atoms with Crippen molar-refractivity contribution in [3.63, 3.8) is 0 Å². The highest BCUT2D eigenvalue weighted by Crippen LogP contribution is 2.12. The zero-order chi connectivity index (χ0) is 13.7. The second-order valence-corrected chi connectivity index (χ2v) is 4.53. The van der Waals surface area contributed by atoms with Crippen molar-refractivity contribution in [2.45, 2.75) is 32.2 Å². The lowest BCUT2D eigenvalue weighted by atomic mass is 9.95. The molecule has 0 amide bonds. The van der Waals surface area contributed by atoms with Crippen molar-refractivity contribution in [1.29, 1.82) is 0 Å². The van der Waals surface area contributed by atoms with Gasteiger partial charge in [-0.15, -0.1) is 0 Å². The Hall–Kier alpha value is -0.200. The fourth-order valence-electron chi connectivity index (χ4n) is 1.53. The third-order valence-corrected chi connectivity index (χ3v) is 3.05. The van der Waals surface area contributed by atoms with Crippen molar-refractivity contribution in [1.82, 2.24) is 5.32 Å². The second-order valence-electron chi connectivity index (χ2n) is 4.53. The fourth-order valence-corrected chi connectivity index (χ4v) is 1.53. The Morgan fingerprint density at radius 3 is 2.22 bits per heavy atom. The molecule has 0 aliphatic rings. The Kier molecular flexibility index (Phi) is 11.7. The van der Waals surface area contributed by atoms with E-state index in [2.05, 4.69) is 19.2 Å². The lowest BCUT2D eigenvalue weighted by Gasteiger charge is -2.29. The maximum absolute atomic E-state index is 8.98. The summed E-state index contributed by atoms with van der Waals surface area (Å²) in [6.07, 6.45) is 1.76. The van der Waals surface area contributed by atoms with Gasteiger partial charge >= 0.3 is 0 Å². The van der Waals surface area contributed by atoms with Crippen LogP contribution in [0, 0.1) is 0 Å². The third kappa shape index (κ3) is 9.79. The van der Waals surface area contributed by atoms with E-state index in [-0.39, 0.29) is 12.1 Å². The summed E-state index contributed by atoms with van der Waals surface area (Å²) in [5.74, 6) is 0. The lowest BCUT2D eigenvalue weighted by Crippen LogP contribution is -2.44. The smallest absolute Gasteiger partial charge is 0.0701 e. The number of aliphatic hydroxyl groups excluding tert-OH is 1. The molecular formula is C13H29NO4. The van der Waals surface area contributed by atoms with Crippen LogP contribution in [0.15, 0.2) is 0 Å². The van der Waals surface area contributed by atoms with Crippen LogP contribution in [0.25, 0.3) is 0 Å². The van der Waals surface area contributed by atoms with Gasteiger partial charge in [-0.3, -0.25) is 0 Å². The van der Waals surface area contributed by atoms with Gasteiger partial charge in [0.25, 0.3) is 0 Å². The first-order chi connectivity index (χ1) is 8.68. The van der Waals surface area contributed by atoms with Gasteiger partial charge in [-0.1, -0.05) is 6.92 Å². The average molecular weight is 263 g/mol. The topological polar surface area (TPSA) is 60.0 Å². The number of hydrogen-bond donors (Lipinski definition) is 2. The number of methoxy groups -OCH3 is 1. The zero-order valence-corrected chi connectivity index (χ0v) is 12.0. The number of rotatable bonds is 13. The molecule has 0 aromatic rings. The van der Waals surface area contributed by atoms with Crippen LogP contribution < -0.4 is 5.32 Å². The van der Waals surface area contributed by atoms with Gasteiger partial charge in [-0.25, -0.2) is 0 Å². The first-order valence-corrected chi connectivity index (χ1v) is 6.69. The van der Waals surface area contributed by atoms with E-state index >= 15 is 0 Å². The maximum atomic E-state index is 8.98. The van der Waals surface area contributed by atoms with Gasteiger partial charge in [-0.05, 0) is 19.8 Å². The van der Waals surface area contributed by atoms with Crippen LogP contribution in [-0.4, -0.2) is 63.9 Å². The number of nitrogens with one attached hydrogen (secondary N) is 1. The molecule has 1 atom stereocenters. The van der Waals surface area contributed by atoms with E-state index in [4.69, 9.17) is 19.3 Å². The Bertz CT molecular complexity index is 180. The summed E-state index contributed by atoms with van der Waals surface area (Å²) in [5.41, 5.74) is 0.00702. The molecule has 0 aromatic heterocycles. The quantitative estimate of drug-likeness (QED) is 0.482. The molecule has 0 saturated carbocycles. The van der Waals surface area contributed by atoms with Crippen LogP contribution >= 0.6 is 0 Å². The lowest BCUT2D eigenvalue weighted by molar-refractivity contribution is 0.0242. The SMILES string of the molecule is CCC(C)(CCO)NCCOCCOCCOC. The van der Waals surface area contributed by atoms with E-state index in [1.807, 2.05) is 0 Å². The highest BCUT2D eigenvalue weighted by Gasteiger charge is 2.19. The highest BCUT2D eigenvalue weighted by molar-refractivity contribution is 4.80. The Morgan fingerprint density at radius 1 is 1.06 bits per heavy atom. The molecule has 0 spiro atoms. The van der Waals surface area contributed by atoms with E-state index < -0.39 is 0 Å². The molecule has 5 heteroatoms. The standard InChI is InChI=1S/C13H29NO4/c1-4-13(2,5-7-15)14-6-8-17-11-12-18-10-9-16-3/h14-15H,4-12H2,1-3H3. The third-order valence-electron chi connectivity index (χ3n) is 3.05. The minimum atomic E-state index is 0.00702.